The summed E-state index contributed by atoms with van der Waals surface area (Å²) in [5.74, 6) is -6.76. The lowest BCUT2D eigenvalue weighted by molar-refractivity contribution is -0.130. The highest BCUT2D eigenvalue weighted by Crippen LogP contribution is 2.30. The van der Waals surface area contributed by atoms with E-state index in [1.165, 1.54) is 23.9 Å². The number of anilines is 1. The highest BCUT2D eigenvalue weighted by atomic mass is 32.2. The summed E-state index contributed by atoms with van der Waals surface area (Å²) in [6.07, 6.45) is 0. The van der Waals surface area contributed by atoms with Crippen molar-refractivity contribution in [1.82, 2.24) is 4.72 Å². The number of carbonyl (C=O) groups excluding carboxylic acids is 2. The summed E-state index contributed by atoms with van der Waals surface area (Å²) in [4.78, 5) is 22.7. The molecule has 0 bridgehead atoms. The van der Waals surface area contributed by atoms with Crippen molar-refractivity contribution in [3.05, 3.63) is 40.8 Å². The van der Waals surface area contributed by atoms with Crippen LogP contribution in [0.3, 0.4) is 0 Å². The lowest BCUT2D eigenvalue weighted by atomic mass is 10.1. The van der Waals surface area contributed by atoms with Crippen LogP contribution in [0.2, 0.25) is 0 Å². The summed E-state index contributed by atoms with van der Waals surface area (Å²) in [7, 11) is -5.14. The smallest absolute Gasteiger partial charge is 0.387 e. The van der Waals surface area contributed by atoms with E-state index >= 15 is 0 Å². The van der Waals surface area contributed by atoms with Crippen molar-refractivity contribution in [2.75, 3.05) is 5.32 Å². The zero-order valence-corrected chi connectivity index (χ0v) is 16.8. The van der Waals surface area contributed by atoms with Gasteiger partial charge in [-0.05, 0) is 25.3 Å². The first-order valence-corrected chi connectivity index (χ1v) is 10.2. The maximum absolute atomic E-state index is 14.1. The highest BCUT2D eigenvalue weighted by molar-refractivity contribution is 7.90. The lowest BCUT2D eigenvalue weighted by Gasteiger charge is -2.16. The molecule has 0 saturated carbocycles. The Labute approximate surface area is 171 Å². The fourth-order valence-electron chi connectivity index (χ4n) is 2.05. The fraction of sp³-hybridized carbons (Fsp3) is 0.250. The number of carbonyl (C=O) groups is 2. The maximum Gasteiger partial charge on any atom is 0.387 e. The van der Waals surface area contributed by atoms with Gasteiger partial charge in [-0.2, -0.15) is 8.78 Å². The van der Waals surface area contributed by atoms with Crippen molar-refractivity contribution in [1.29, 1.82) is 0 Å². The van der Waals surface area contributed by atoms with E-state index in [1.807, 2.05) is 0 Å². The molecule has 0 aliphatic carbocycles. The van der Waals surface area contributed by atoms with Crippen LogP contribution < -0.4 is 14.8 Å². The predicted octanol–water partition coefficient (Wildman–Crippen LogP) is 2.46. The zero-order valence-electron chi connectivity index (χ0n) is 15.2. The number of amides is 2. The number of halogens is 4. The average Bonchev–Trinajstić information content (AvgIpc) is 2.99. The fourth-order valence-corrected chi connectivity index (χ4v) is 3.97. The van der Waals surface area contributed by atoms with Crippen LogP contribution in [0.4, 0.5) is 22.6 Å². The molecule has 3 N–H and O–H groups in total. The van der Waals surface area contributed by atoms with Crippen molar-refractivity contribution >= 4 is 38.2 Å². The maximum atomic E-state index is 14.1. The van der Waals surface area contributed by atoms with Crippen LogP contribution >= 0.6 is 11.3 Å². The van der Waals surface area contributed by atoms with E-state index in [0.29, 0.717) is 0 Å². The molecule has 8 nitrogen and oxygen atoms in total. The molecule has 0 atom stereocenters. The Balaban J connectivity index is 2.37. The first-order valence-electron chi connectivity index (χ1n) is 7.84. The summed E-state index contributed by atoms with van der Waals surface area (Å²) in [6, 6.07) is 1.44. The summed E-state index contributed by atoms with van der Waals surface area (Å²) in [5.41, 5.74) is -2.19. The zero-order chi connectivity index (χ0) is 22.9. The second kappa shape index (κ2) is 8.57. The number of hydrogen-bond acceptors (Lipinski definition) is 7. The van der Waals surface area contributed by atoms with Crippen LogP contribution in [-0.2, 0) is 14.8 Å². The van der Waals surface area contributed by atoms with Crippen LogP contribution in [-0.4, -0.2) is 37.6 Å². The van der Waals surface area contributed by atoms with E-state index in [0.717, 1.165) is 17.4 Å². The Morgan fingerprint density at radius 2 is 1.87 bits per heavy atom. The van der Waals surface area contributed by atoms with E-state index in [9.17, 15) is 40.7 Å². The van der Waals surface area contributed by atoms with Gasteiger partial charge in [-0.1, -0.05) is 0 Å². The van der Waals surface area contributed by atoms with Crippen LogP contribution in [0, 0.1) is 11.6 Å². The van der Waals surface area contributed by atoms with E-state index in [4.69, 9.17) is 0 Å². The minimum Gasteiger partial charge on any atom is -0.433 e. The number of benzene rings is 1. The standard InChI is InChI=1S/C16H14F4N2O6S2/c1-16(2,25)14(24)21-13-8(3-4-29-13)12(23)22-30(26,27)11-9(18)5-7(17)6-10(11)28-15(19)20/h3-6,15,25H,1-2H3,(H,21,24)(H,22,23). The van der Waals surface area contributed by atoms with Gasteiger partial charge in [0.05, 0.1) is 5.56 Å². The molecule has 0 aliphatic rings. The molecule has 0 aliphatic heterocycles. The minimum atomic E-state index is -5.14. The SMILES string of the molecule is CC(C)(O)C(=O)Nc1sccc1C(=O)NS(=O)(=O)c1c(F)cc(F)cc1OC(F)F. The van der Waals surface area contributed by atoms with Crippen molar-refractivity contribution in [3.8, 4) is 5.75 Å². The second-order valence-electron chi connectivity index (χ2n) is 6.20. The molecule has 2 rings (SSSR count). The molecule has 1 aromatic carbocycles. The number of alkyl halides is 2. The minimum absolute atomic E-state index is 0.108. The summed E-state index contributed by atoms with van der Waals surface area (Å²) < 4.78 is 82.5. The third-order valence-electron chi connectivity index (χ3n) is 3.38. The molecule has 2 aromatic rings. The van der Waals surface area contributed by atoms with E-state index < -0.39 is 56.3 Å². The third kappa shape index (κ3) is 5.46. The quantitative estimate of drug-likeness (QED) is 0.535. The van der Waals surface area contributed by atoms with Gasteiger partial charge in [0.25, 0.3) is 21.8 Å². The van der Waals surface area contributed by atoms with Crippen molar-refractivity contribution in [2.45, 2.75) is 31.0 Å². The number of hydrogen-bond donors (Lipinski definition) is 3. The van der Waals surface area contributed by atoms with Crippen molar-refractivity contribution < 1.29 is 45.4 Å². The number of rotatable bonds is 7. The van der Waals surface area contributed by atoms with E-state index in [2.05, 4.69) is 10.1 Å². The van der Waals surface area contributed by atoms with Crippen molar-refractivity contribution in [2.24, 2.45) is 0 Å². The Hall–Kier alpha value is -2.71. The molecule has 0 unspecified atom stereocenters. The first kappa shape index (κ1) is 23.6. The highest BCUT2D eigenvalue weighted by Gasteiger charge is 2.31. The van der Waals surface area contributed by atoms with Gasteiger partial charge in [-0.3, -0.25) is 9.59 Å². The summed E-state index contributed by atoms with van der Waals surface area (Å²) in [6.45, 7) is -1.26. The average molecular weight is 470 g/mol. The summed E-state index contributed by atoms with van der Waals surface area (Å²) in [5, 5.41) is 13.0. The molecule has 164 valence electrons. The van der Waals surface area contributed by atoms with Gasteiger partial charge in [-0.15, -0.1) is 11.3 Å². The van der Waals surface area contributed by atoms with E-state index in [1.54, 1.807) is 0 Å². The molecule has 1 aromatic heterocycles. The van der Waals surface area contributed by atoms with Crippen LogP contribution in [0.1, 0.15) is 24.2 Å². The number of thiophene rings is 1. The largest absolute Gasteiger partial charge is 0.433 e. The molecule has 0 spiro atoms. The lowest BCUT2D eigenvalue weighted by Crippen LogP contribution is -2.37. The predicted molar refractivity (Wildman–Crippen MR) is 96.9 cm³/mol. The number of sulfonamides is 1. The topological polar surface area (TPSA) is 122 Å². The Kier molecular flexibility index (Phi) is 6.73. The van der Waals surface area contributed by atoms with Gasteiger partial charge in [0.2, 0.25) is 0 Å². The molecular weight excluding hydrogens is 456 g/mol. The van der Waals surface area contributed by atoms with Gasteiger partial charge < -0.3 is 15.2 Å². The Morgan fingerprint density at radius 1 is 1.23 bits per heavy atom. The van der Waals surface area contributed by atoms with Crippen LogP contribution in [0.15, 0.2) is 28.5 Å². The monoisotopic (exact) mass is 470 g/mol. The molecule has 2 amide bonds. The van der Waals surface area contributed by atoms with Gasteiger partial charge in [0.1, 0.15) is 22.2 Å². The molecule has 0 saturated heterocycles. The van der Waals surface area contributed by atoms with E-state index in [-0.39, 0.29) is 22.7 Å². The summed E-state index contributed by atoms with van der Waals surface area (Å²) >= 11 is 0.815. The number of aliphatic hydroxyl groups is 1. The molecule has 1 heterocycles. The normalized spacial score (nSPS) is 12.0. The first-order chi connectivity index (χ1) is 13.7. The van der Waals surface area contributed by atoms with Gasteiger partial charge in [-0.25, -0.2) is 21.9 Å². The molecule has 0 fully saturated rings. The van der Waals surface area contributed by atoms with Crippen LogP contribution in [0.25, 0.3) is 0 Å². The molecular formula is C16H14F4N2O6S2. The Morgan fingerprint density at radius 3 is 2.43 bits per heavy atom. The van der Waals surface area contributed by atoms with Gasteiger partial charge >= 0.3 is 6.61 Å². The van der Waals surface area contributed by atoms with Gasteiger partial charge in [0.15, 0.2) is 10.6 Å². The molecule has 30 heavy (non-hydrogen) atoms. The van der Waals surface area contributed by atoms with Crippen LogP contribution in [0.5, 0.6) is 5.75 Å². The van der Waals surface area contributed by atoms with Crippen molar-refractivity contribution in [3.63, 3.8) is 0 Å². The third-order valence-corrected chi connectivity index (χ3v) is 5.60. The number of ether oxygens (including phenoxy) is 1. The second-order valence-corrected chi connectivity index (χ2v) is 8.74. The Bertz CT molecular complexity index is 1080. The molecule has 0 radical (unpaired) electrons. The van der Waals surface area contributed by atoms with Gasteiger partial charge in [0, 0.05) is 12.1 Å². The number of nitrogens with one attached hydrogen (secondary N) is 2. The molecule has 14 heteroatoms.